The quantitative estimate of drug-likeness (QED) is 0.442. The van der Waals surface area contributed by atoms with Gasteiger partial charge in [0.15, 0.2) is 12.4 Å². The lowest BCUT2D eigenvalue weighted by Crippen LogP contribution is -2.58. The third-order valence-electron chi connectivity index (χ3n) is 5.26. The predicted octanol–water partition coefficient (Wildman–Crippen LogP) is 4.14. The Morgan fingerprint density at radius 1 is 1.19 bits per heavy atom. The molecule has 3 rings (SSSR count). The molecule has 2 atom stereocenters. The highest BCUT2D eigenvalue weighted by atomic mass is 79.9. The Kier molecular flexibility index (Phi) is 7.22. The Balaban J connectivity index is 1.63. The van der Waals surface area contributed by atoms with E-state index in [4.69, 9.17) is 4.74 Å². The van der Waals surface area contributed by atoms with Crippen molar-refractivity contribution >= 4 is 27.5 Å². The highest BCUT2D eigenvalue weighted by Crippen LogP contribution is 2.33. The van der Waals surface area contributed by atoms with Crippen molar-refractivity contribution in [2.45, 2.75) is 32.5 Å². The highest BCUT2D eigenvalue weighted by molar-refractivity contribution is 9.10. The second-order valence-corrected chi connectivity index (χ2v) is 8.50. The Morgan fingerprint density at radius 2 is 1.87 bits per heavy atom. The van der Waals surface area contributed by atoms with E-state index in [1.165, 1.54) is 12.1 Å². The van der Waals surface area contributed by atoms with Crippen LogP contribution in [0.15, 0.2) is 40.9 Å². The summed E-state index contributed by atoms with van der Waals surface area (Å²) in [5.41, 5.74) is 0.423. The maximum absolute atomic E-state index is 14.2. The molecule has 0 unspecified atom stereocenters. The van der Waals surface area contributed by atoms with Crippen molar-refractivity contribution in [2.75, 3.05) is 19.7 Å². The van der Waals surface area contributed by atoms with E-state index in [1.807, 2.05) is 13.8 Å². The van der Waals surface area contributed by atoms with Gasteiger partial charge in [0.05, 0.1) is 4.92 Å². The van der Waals surface area contributed by atoms with Crippen molar-refractivity contribution in [2.24, 2.45) is 0 Å². The summed E-state index contributed by atoms with van der Waals surface area (Å²) >= 11 is 3.01. The zero-order valence-electron chi connectivity index (χ0n) is 17.1. The van der Waals surface area contributed by atoms with Gasteiger partial charge in [0.1, 0.15) is 5.82 Å². The van der Waals surface area contributed by atoms with Crippen LogP contribution >= 0.6 is 15.9 Å². The molecule has 10 heteroatoms. The van der Waals surface area contributed by atoms with Gasteiger partial charge in [0.25, 0.3) is 5.91 Å². The van der Waals surface area contributed by atoms with Crippen molar-refractivity contribution in [1.82, 2.24) is 9.80 Å². The number of carbonyl (C=O) groups excluding carboxylic acids is 1. The number of rotatable bonds is 6. The summed E-state index contributed by atoms with van der Waals surface area (Å²) in [5, 5.41) is 11.2. The second-order valence-electron chi connectivity index (χ2n) is 7.58. The monoisotopic (exact) mass is 497 g/mol. The van der Waals surface area contributed by atoms with Gasteiger partial charge in [-0.2, -0.15) is 0 Å². The van der Waals surface area contributed by atoms with E-state index in [-0.39, 0.29) is 28.3 Å². The fraction of sp³-hybridized carbons (Fsp3) is 0.381. The zero-order valence-corrected chi connectivity index (χ0v) is 18.6. The topological polar surface area (TPSA) is 75.9 Å². The van der Waals surface area contributed by atoms with Gasteiger partial charge in [-0.05, 0) is 37.6 Å². The van der Waals surface area contributed by atoms with Crippen LogP contribution in [0.25, 0.3) is 0 Å². The van der Waals surface area contributed by atoms with Crippen molar-refractivity contribution in [1.29, 1.82) is 0 Å². The number of halogens is 3. The average Bonchev–Trinajstić information content (AvgIpc) is 2.70. The van der Waals surface area contributed by atoms with E-state index < -0.39 is 28.8 Å². The fourth-order valence-electron chi connectivity index (χ4n) is 3.63. The maximum Gasteiger partial charge on any atom is 0.315 e. The van der Waals surface area contributed by atoms with Gasteiger partial charge in [0, 0.05) is 42.3 Å². The van der Waals surface area contributed by atoms with Gasteiger partial charge in [-0.3, -0.25) is 19.8 Å². The second kappa shape index (κ2) is 9.69. The molecule has 2 aromatic rings. The Hall–Kier alpha value is -2.59. The van der Waals surface area contributed by atoms with Crippen LogP contribution in [0.4, 0.5) is 14.5 Å². The van der Waals surface area contributed by atoms with Crippen LogP contribution in [-0.4, -0.2) is 52.4 Å². The van der Waals surface area contributed by atoms with Crippen molar-refractivity contribution in [3.63, 3.8) is 0 Å². The molecule has 1 aliphatic heterocycles. The first-order valence-electron chi connectivity index (χ1n) is 9.70. The SMILES string of the molecule is C[C@@H]1CN(Cc2ccc(F)cc2)[C@@H](C)CN1C(=O)COc1c(F)cc(Br)cc1[N+](=O)[O-]. The molecule has 0 aromatic heterocycles. The normalized spacial score (nSPS) is 19.3. The first-order chi connectivity index (χ1) is 14.7. The molecule has 1 saturated heterocycles. The molecule has 7 nitrogen and oxygen atoms in total. The van der Waals surface area contributed by atoms with Gasteiger partial charge < -0.3 is 9.64 Å². The summed E-state index contributed by atoms with van der Waals surface area (Å²) in [4.78, 5) is 27.0. The van der Waals surface area contributed by atoms with Crippen LogP contribution in [0.3, 0.4) is 0 Å². The number of amides is 1. The standard InChI is InChI=1S/C21H22BrF2N3O4/c1-13-10-26(14(2)9-25(13)11-15-3-5-17(23)6-4-15)20(28)12-31-21-18(24)7-16(22)8-19(21)27(29)30/h3-8,13-14H,9-12H2,1-2H3/t13-,14+/m0/s1. The number of ether oxygens (including phenoxy) is 1. The third-order valence-corrected chi connectivity index (χ3v) is 5.72. The molecule has 166 valence electrons. The van der Waals surface area contributed by atoms with Crippen LogP contribution < -0.4 is 4.74 Å². The minimum absolute atomic E-state index is 0.0314. The van der Waals surface area contributed by atoms with Crippen molar-refractivity contribution in [3.8, 4) is 5.75 Å². The number of piperazine rings is 1. The van der Waals surface area contributed by atoms with Crippen LogP contribution in [0.2, 0.25) is 0 Å². The molecule has 2 aromatic carbocycles. The van der Waals surface area contributed by atoms with E-state index in [9.17, 15) is 23.7 Å². The number of nitro benzene ring substituents is 1. The third kappa shape index (κ3) is 5.56. The average molecular weight is 498 g/mol. The molecule has 31 heavy (non-hydrogen) atoms. The van der Waals surface area contributed by atoms with Gasteiger partial charge in [-0.25, -0.2) is 8.78 Å². The van der Waals surface area contributed by atoms with E-state index in [2.05, 4.69) is 20.8 Å². The molecule has 1 fully saturated rings. The largest absolute Gasteiger partial charge is 0.475 e. The molecular weight excluding hydrogens is 476 g/mol. The van der Waals surface area contributed by atoms with E-state index in [1.54, 1.807) is 17.0 Å². The zero-order chi connectivity index (χ0) is 22.7. The Bertz CT molecular complexity index is 974. The van der Waals surface area contributed by atoms with Crippen LogP contribution in [0, 0.1) is 21.7 Å². The van der Waals surface area contributed by atoms with Gasteiger partial charge >= 0.3 is 5.69 Å². The van der Waals surface area contributed by atoms with Crippen LogP contribution in [-0.2, 0) is 11.3 Å². The number of hydrogen-bond donors (Lipinski definition) is 0. The van der Waals surface area contributed by atoms with Crippen molar-refractivity contribution < 1.29 is 23.2 Å². The summed E-state index contributed by atoms with van der Waals surface area (Å²) in [6.07, 6.45) is 0. The lowest BCUT2D eigenvalue weighted by atomic mass is 10.1. The summed E-state index contributed by atoms with van der Waals surface area (Å²) in [7, 11) is 0. The van der Waals surface area contributed by atoms with Crippen LogP contribution in [0.1, 0.15) is 19.4 Å². The predicted molar refractivity (Wildman–Crippen MR) is 114 cm³/mol. The lowest BCUT2D eigenvalue weighted by molar-refractivity contribution is -0.386. The van der Waals surface area contributed by atoms with Gasteiger partial charge in [-0.1, -0.05) is 28.1 Å². The molecule has 1 heterocycles. The minimum atomic E-state index is -0.917. The number of benzene rings is 2. The van der Waals surface area contributed by atoms with Gasteiger partial charge in [-0.15, -0.1) is 0 Å². The highest BCUT2D eigenvalue weighted by Gasteiger charge is 2.32. The minimum Gasteiger partial charge on any atom is -0.475 e. The lowest BCUT2D eigenvalue weighted by Gasteiger charge is -2.44. The summed E-state index contributed by atoms with van der Waals surface area (Å²) in [5.74, 6) is -2.14. The summed E-state index contributed by atoms with van der Waals surface area (Å²) in [6, 6.07) is 8.37. The molecule has 0 saturated carbocycles. The number of nitro groups is 1. The van der Waals surface area contributed by atoms with E-state index in [0.717, 1.165) is 17.7 Å². The molecule has 0 aliphatic carbocycles. The van der Waals surface area contributed by atoms with Gasteiger partial charge in [0.2, 0.25) is 5.75 Å². The Morgan fingerprint density at radius 3 is 2.52 bits per heavy atom. The van der Waals surface area contributed by atoms with E-state index in [0.29, 0.717) is 19.6 Å². The molecule has 1 amide bonds. The first-order valence-corrected chi connectivity index (χ1v) is 10.5. The van der Waals surface area contributed by atoms with Crippen LogP contribution in [0.5, 0.6) is 5.75 Å². The van der Waals surface area contributed by atoms with Crippen molar-refractivity contribution in [3.05, 3.63) is 68.2 Å². The fourth-order valence-corrected chi connectivity index (χ4v) is 4.05. The van der Waals surface area contributed by atoms with E-state index >= 15 is 0 Å². The smallest absolute Gasteiger partial charge is 0.315 e. The summed E-state index contributed by atoms with van der Waals surface area (Å²) in [6.45, 7) is 5.02. The molecule has 0 radical (unpaired) electrons. The molecule has 0 bridgehead atoms. The first kappa shape index (κ1) is 23.1. The molecule has 1 aliphatic rings. The maximum atomic E-state index is 14.2. The molecular formula is C21H22BrF2N3O4. The molecule has 0 N–H and O–H groups in total. The Labute approximate surface area is 186 Å². The summed E-state index contributed by atoms with van der Waals surface area (Å²) < 4.78 is 32.7. The number of nitrogens with zero attached hydrogens (tertiary/aromatic N) is 3. The number of hydrogen-bond acceptors (Lipinski definition) is 5. The molecule has 0 spiro atoms. The number of carbonyl (C=O) groups is 1.